The van der Waals surface area contributed by atoms with Crippen molar-refractivity contribution >= 4 is 46.8 Å². The molecule has 3 amide bonds. The SMILES string of the molecule is C=CCN(C)C(=O)[C@H]1[C@H]2C(=O)N([C@@H](CO)C(C)C)C(C(=O)N(CC=C)c3c(C)cccc3Cl)C23CC[C@]1(C)S3. The van der Waals surface area contributed by atoms with Crippen LogP contribution in [-0.4, -0.2) is 80.9 Å². The van der Waals surface area contributed by atoms with Gasteiger partial charge >= 0.3 is 0 Å². The van der Waals surface area contributed by atoms with Crippen LogP contribution in [0.1, 0.15) is 39.2 Å². The number of likely N-dealkylation sites (N-methyl/N-ethyl adjacent to an activating group) is 1. The number of para-hydroxylation sites is 1. The molecule has 39 heavy (non-hydrogen) atoms. The summed E-state index contributed by atoms with van der Waals surface area (Å²) in [4.78, 5) is 48.0. The predicted molar refractivity (Wildman–Crippen MR) is 158 cm³/mol. The molecule has 212 valence electrons. The maximum absolute atomic E-state index is 14.8. The largest absolute Gasteiger partial charge is 0.394 e. The van der Waals surface area contributed by atoms with E-state index in [0.717, 1.165) is 12.0 Å². The van der Waals surface area contributed by atoms with Crippen molar-refractivity contribution in [2.75, 3.05) is 31.6 Å². The van der Waals surface area contributed by atoms with Crippen LogP contribution in [0.4, 0.5) is 5.69 Å². The van der Waals surface area contributed by atoms with Gasteiger partial charge in [-0.3, -0.25) is 14.4 Å². The fraction of sp³-hybridized carbons (Fsp3) is 0.567. The first kappa shape index (κ1) is 29.7. The van der Waals surface area contributed by atoms with E-state index < -0.39 is 33.4 Å². The van der Waals surface area contributed by atoms with E-state index in [1.165, 1.54) is 0 Å². The minimum atomic E-state index is -0.862. The minimum absolute atomic E-state index is 0.102. The highest BCUT2D eigenvalue weighted by atomic mass is 35.5. The summed E-state index contributed by atoms with van der Waals surface area (Å²) in [6, 6.07) is 4.05. The zero-order valence-electron chi connectivity index (χ0n) is 23.5. The average Bonchev–Trinajstić information content (AvgIpc) is 3.44. The van der Waals surface area contributed by atoms with Gasteiger partial charge < -0.3 is 19.8 Å². The number of benzene rings is 1. The molecule has 2 bridgehead atoms. The minimum Gasteiger partial charge on any atom is -0.394 e. The smallest absolute Gasteiger partial charge is 0.251 e. The number of carbonyl (C=O) groups excluding carboxylic acids is 3. The van der Waals surface area contributed by atoms with Crippen LogP contribution in [0.15, 0.2) is 43.5 Å². The Kier molecular flexibility index (Phi) is 8.33. The van der Waals surface area contributed by atoms with Crippen LogP contribution in [0, 0.1) is 24.7 Å². The number of thioether (sulfide) groups is 1. The first-order chi connectivity index (χ1) is 18.4. The number of amides is 3. The normalized spacial score (nSPS) is 29.9. The van der Waals surface area contributed by atoms with Gasteiger partial charge in [0.05, 0.1) is 39.9 Å². The lowest BCUT2D eigenvalue weighted by Gasteiger charge is -2.41. The summed E-state index contributed by atoms with van der Waals surface area (Å²) >= 11 is 8.27. The fourth-order valence-electron chi connectivity index (χ4n) is 7.05. The molecule has 1 aromatic rings. The molecular weight excluding hydrogens is 534 g/mol. The molecule has 3 saturated heterocycles. The van der Waals surface area contributed by atoms with Gasteiger partial charge in [-0.25, -0.2) is 0 Å². The van der Waals surface area contributed by atoms with Crippen LogP contribution < -0.4 is 4.90 Å². The van der Waals surface area contributed by atoms with Gasteiger partial charge in [0.2, 0.25) is 11.8 Å². The Labute approximate surface area is 241 Å². The Hall–Kier alpha value is -2.29. The van der Waals surface area contributed by atoms with E-state index in [9.17, 15) is 19.5 Å². The summed E-state index contributed by atoms with van der Waals surface area (Å²) in [5.74, 6) is -1.93. The molecule has 3 fully saturated rings. The summed E-state index contributed by atoms with van der Waals surface area (Å²) < 4.78 is -1.28. The Morgan fingerprint density at radius 1 is 1.23 bits per heavy atom. The molecule has 7 nitrogen and oxygen atoms in total. The highest BCUT2D eigenvalue weighted by Crippen LogP contribution is 2.72. The highest BCUT2D eigenvalue weighted by molar-refractivity contribution is 8.02. The lowest BCUT2D eigenvalue weighted by atomic mass is 9.66. The molecule has 0 radical (unpaired) electrons. The molecule has 6 atom stereocenters. The first-order valence-corrected chi connectivity index (χ1v) is 14.8. The molecule has 0 aliphatic carbocycles. The molecule has 3 aliphatic heterocycles. The van der Waals surface area contributed by atoms with Crippen molar-refractivity contribution in [2.24, 2.45) is 17.8 Å². The second kappa shape index (κ2) is 10.9. The van der Waals surface area contributed by atoms with E-state index in [4.69, 9.17) is 11.6 Å². The van der Waals surface area contributed by atoms with Crippen LogP contribution in [-0.2, 0) is 14.4 Å². The van der Waals surface area contributed by atoms with E-state index in [1.807, 2.05) is 32.9 Å². The molecule has 0 saturated carbocycles. The summed E-state index contributed by atoms with van der Waals surface area (Å²) in [7, 11) is 1.73. The second-order valence-electron chi connectivity index (χ2n) is 11.6. The third-order valence-corrected chi connectivity index (χ3v) is 11.1. The van der Waals surface area contributed by atoms with Crippen LogP contribution in [0.5, 0.6) is 0 Å². The van der Waals surface area contributed by atoms with Gasteiger partial charge in [-0.1, -0.05) is 49.7 Å². The molecule has 9 heteroatoms. The Morgan fingerprint density at radius 3 is 2.46 bits per heavy atom. The maximum atomic E-state index is 14.8. The van der Waals surface area contributed by atoms with E-state index in [0.29, 0.717) is 23.7 Å². The van der Waals surface area contributed by atoms with Gasteiger partial charge in [-0.15, -0.1) is 24.9 Å². The number of hydrogen-bond donors (Lipinski definition) is 1. The second-order valence-corrected chi connectivity index (χ2v) is 13.9. The Morgan fingerprint density at radius 2 is 1.90 bits per heavy atom. The van der Waals surface area contributed by atoms with Gasteiger partial charge in [0, 0.05) is 24.9 Å². The molecule has 1 aromatic carbocycles. The van der Waals surface area contributed by atoms with Crippen molar-refractivity contribution in [3.8, 4) is 0 Å². The van der Waals surface area contributed by atoms with Gasteiger partial charge in [0.15, 0.2) is 0 Å². The zero-order chi connectivity index (χ0) is 28.9. The highest BCUT2D eigenvalue weighted by Gasteiger charge is 2.78. The quantitative estimate of drug-likeness (QED) is 0.422. The third kappa shape index (κ3) is 4.52. The van der Waals surface area contributed by atoms with Crippen molar-refractivity contribution < 1.29 is 19.5 Å². The molecule has 0 aromatic heterocycles. The van der Waals surface area contributed by atoms with E-state index in [2.05, 4.69) is 20.1 Å². The molecule has 4 rings (SSSR count). The van der Waals surface area contributed by atoms with Crippen molar-refractivity contribution in [1.82, 2.24) is 9.80 Å². The van der Waals surface area contributed by atoms with Crippen LogP contribution >= 0.6 is 23.4 Å². The number of halogens is 1. The van der Waals surface area contributed by atoms with Gasteiger partial charge in [0.25, 0.3) is 5.91 Å². The standard InChI is InChI=1S/C30H40ClN3O4S/c1-8-15-32(7)26(36)22-23-27(37)34(21(17-35)18(3)4)25(30(23)14-13-29(22,6)39-30)28(38)33(16-9-2)24-19(5)11-10-12-20(24)31/h8-12,18,21-23,25,35H,1-2,13-17H2,3-7H3/t21-,22+,23-,25?,29-,30?/m0/s1. The number of likely N-dealkylation sites (tertiary alicyclic amines) is 1. The number of aliphatic hydroxyl groups excluding tert-OH is 1. The molecule has 3 heterocycles. The zero-order valence-corrected chi connectivity index (χ0v) is 25.1. The lowest BCUT2D eigenvalue weighted by molar-refractivity contribution is -0.146. The number of fused-ring (bicyclic) bond motifs is 1. The molecular formula is C30H40ClN3O4S. The fourth-order valence-corrected chi connectivity index (χ4v) is 9.70. The average molecular weight is 574 g/mol. The third-order valence-electron chi connectivity index (χ3n) is 8.84. The lowest BCUT2D eigenvalue weighted by Crippen LogP contribution is -2.58. The van der Waals surface area contributed by atoms with E-state index in [1.54, 1.807) is 51.7 Å². The number of anilines is 1. The van der Waals surface area contributed by atoms with E-state index >= 15 is 0 Å². The number of hydrogen-bond acceptors (Lipinski definition) is 5. The topological polar surface area (TPSA) is 81.2 Å². The van der Waals surface area contributed by atoms with Gasteiger partial charge in [-0.2, -0.15) is 0 Å². The summed E-state index contributed by atoms with van der Waals surface area (Å²) in [5.41, 5.74) is 1.42. The molecule has 1 N–H and O–H groups in total. The maximum Gasteiger partial charge on any atom is 0.251 e. The number of carbonyl (C=O) groups is 3. The number of aryl methyl sites for hydroxylation is 1. The summed E-state index contributed by atoms with van der Waals surface area (Å²) in [5, 5.41) is 10.9. The van der Waals surface area contributed by atoms with Gasteiger partial charge in [0.1, 0.15) is 6.04 Å². The van der Waals surface area contributed by atoms with Gasteiger partial charge in [-0.05, 0) is 44.2 Å². The van der Waals surface area contributed by atoms with Crippen molar-refractivity contribution in [1.29, 1.82) is 0 Å². The number of aliphatic hydroxyl groups is 1. The van der Waals surface area contributed by atoms with Crippen LogP contribution in [0.2, 0.25) is 5.02 Å². The number of nitrogens with zero attached hydrogens (tertiary/aromatic N) is 3. The Balaban J connectivity index is 1.90. The summed E-state index contributed by atoms with van der Waals surface area (Å²) in [6.45, 7) is 15.8. The van der Waals surface area contributed by atoms with Crippen molar-refractivity contribution in [3.63, 3.8) is 0 Å². The van der Waals surface area contributed by atoms with Crippen LogP contribution in [0.3, 0.4) is 0 Å². The molecule has 2 unspecified atom stereocenters. The molecule has 3 aliphatic rings. The van der Waals surface area contributed by atoms with Crippen molar-refractivity contribution in [3.05, 3.63) is 54.1 Å². The first-order valence-electron chi connectivity index (χ1n) is 13.6. The number of rotatable bonds is 10. The monoisotopic (exact) mass is 573 g/mol. The molecule has 1 spiro atoms. The van der Waals surface area contributed by atoms with Crippen LogP contribution in [0.25, 0.3) is 0 Å². The summed E-state index contributed by atoms with van der Waals surface area (Å²) in [6.07, 6.45) is 4.67. The van der Waals surface area contributed by atoms with E-state index in [-0.39, 0.29) is 36.8 Å². The van der Waals surface area contributed by atoms with Crippen molar-refractivity contribution in [2.45, 2.75) is 62.1 Å². The Bertz CT molecular complexity index is 1170. The predicted octanol–water partition coefficient (Wildman–Crippen LogP) is 4.31.